The van der Waals surface area contributed by atoms with Crippen LogP contribution in [0.25, 0.3) is 0 Å². The van der Waals surface area contributed by atoms with Gasteiger partial charge in [0.2, 0.25) is 10.0 Å². The number of nitrogens with one attached hydrogen (secondary N) is 1. The second-order valence-electron chi connectivity index (χ2n) is 5.02. The van der Waals surface area contributed by atoms with Crippen molar-refractivity contribution in [1.29, 1.82) is 0 Å². The van der Waals surface area contributed by atoms with Crippen molar-refractivity contribution in [1.82, 2.24) is 9.62 Å². The smallest absolute Gasteiger partial charge is 0.240 e. The number of likely N-dealkylation sites (N-methyl/N-ethyl adjacent to an activating group) is 1. The normalized spacial score (nSPS) is 20.6. The molecule has 5 nitrogen and oxygen atoms in total. The van der Waals surface area contributed by atoms with E-state index < -0.39 is 10.0 Å². The number of sulfonamides is 1. The number of benzene rings is 1. The van der Waals surface area contributed by atoms with Crippen molar-refractivity contribution in [3.05, 3.63) is 29.8 Å². The summed E-state index contributed by atoms with van der Waals surface area (Å²) in [6, 6.07) is 6.86. The summed E-state index contributed by atoms with van der Waals surface area (Å²) in [5, 5.41) is 0.712. The molecule has 0 saturated carbocycles. The number of hydrogen-bond acceptors (Lipinski definition) is 4. The Morgan fingerprint density at radius 2 is 2.10 bits per heavy atom. The fraction of sp³-hybridized carbons (Fsp3) is 0.571. The van der Waals surface area contributed by atoms with Crippen LogP contribution in [0.1, 0.15) is 12.5 Å². The molecule has 1 saturated heterocycles. The van der Waals surface area contributed by atoms with E-state index in [1.165, 1.54) is 0 Å². The van der Waals surface area contributed by atoms with Gasteiger partial charge >= 0.3 is 0 Å². The summed E-state index contributed by atoms with van der Waals surface area (Å²) < 4.78 is 32.7. The van der Waals surface area contributed by atoms with Crippen molar-refractivity contribution in [2.24, 2.45) is 0 Å². The minimum absolute atomic E-state index is 0.0877. The maximum absolute atomic E-state index is 12.2. The highest BCUT2D eigenvalue weighted by Crippen LogP contribution is 2.13. The number of alkyl halides is 1. The number of nitrogens with zero attached hydrogens (tertiary/aromatic N) is 1. The van der Waals surface area contributed by atoms with Gasteiger partial charge in [-0.2, -0.15) is 0 Å². The molecule has 1 heterocycles. The highest BCUT2D eigenvalue weighted by molar-refractivity contribution is 9.08. The van der Waals surface area contributed by atoms with Crippen LogP contribution in [-0.2, 0) is 20.1 Å². The molecule has 2 rings (SSSR count). The number of hydrogen-bond donors (Lipinski definition) is 1. The Labute approximate surface area is 134 Å². The predicted molar refractivity (Wildman–Crippen MR) is 86.1 cm³/mol. The summed E-state index contributed by atoms with van der Waals surface area (Å²) in [5.41, 5.74) is 1.04. The van der Waals surface area contributed by atoms with Crippen molar-refractivity contribution >= 4 is 26.0 Å². The van der Waals surface area contributed by atoms with Crippen LogP contribution in [-0.4, -0.2) is 52.2 Å². The molecular weight excluding hydrogens is 356 g/mol. The summed E-state index contributed by atoms with van der Waals surface area (Å²) in [4.78, 5) is 2.54. The van der Waals surface area contributed by atoms with Crippen LogP contribution >= 0.6 is 15.9 Å². The minimum atomic E-state index is -3.47. The van der Waals surface area contributed by atoms with Gasteiger partial charge in [-0.05, 0) is 24.2 Å². The lowest BCUT2D eigenvalue weighted by atomic mass is 10.2. The molecule has 0 radical (unpaired) electrons. The zero-order chi connectivity index (χ0) is 15.3. The lowest BCUT2D eigenvalue weighted by Gasteiger charge is -2.32. The predicted octanol–water partition coefficient (Wildman–Crippen LogP) is 1.58. The van der Waals surface area contributed by atoms with Gasteiger partial charge in [-0.15, -0.1) is 0 Å². The monoisotopic (exact) mass is 376 g/mol. The molecule has 0 bridgehead atoms. The van der Waals surface area contributed by atoms with Gasteiger partial charge in [-0.25, -0.2) is 13.1 Å². The third-order valence-electron chi connectivity index (χ3n) is 3.56. The molecular formula is C14H21BrN2O3S. The highest BCUT2D eigenvalue weighted by atomic mass is 79.9. The molecule has 1 aliphatic heterocycles. The third-order valence-corrected chi connectivity index (χ3v) is 5.65. The molecule has 1 aromatic carbocycles. The summed E-state index contributed by atoms with van der Waals surface area (Å²) in [6.45, 7) is 5.69. The van der Waals surface area contributed by atoms with Crippen molar-refractivity contribution in [3.8, 4) is 0 Å². The molecule has 1 unspecified atom stereocenters. The van der Waals surface area contributed by atoms with Crippen LogP contribution in [0.2, 0.25) is 0 Å². The summed E-state index contributed by atoms with van der Waals surface area (Å²) >= 11 is 3.34. The van der Waals surface area contributed by atoms with Crippen LogP contribution in [0, 0.1) is 0 Å². The number of halogens is 1. The van der Waals surface area contributed by atoms with E-state index in [1.54, 1.807) is 24.3 Å². The Morgan fingerprint density at radius 3 is 2.71 bits per heavy atom. The van der Waals surface area contributed by atoms with Crippen molar-refractivity contribution < 1.29 is 13.2 Å². The quantitative estimate of drug-likeness (QED) is 0.765. The second-order valence-corrected chi connectivity index (χ2v) is 7.34. The van der Waals surface area contributed by atoms with E-state index in [4.69, 9.17) is 4.74 Å². The van der Waals surface area contributed by atoms with Gasteiger partial charge in [0.1, 0.15) is 0 Å². The number of morpholine rings is 1. The highest BCUT2D eigenvalue weighted by Gasteiger charge is 2.22. The minimum Gasteiger partial charge on any atom is -0.374 e. The average Bonchev–Trinajstić information content (AvgIpc) is 2.53. The van der Waals surface area contributed by atoms with E-state index in [2.05, 4.69) is 32.5 Å². The maximum atomic E-state index is 12.2. The molecule has 1 fully saturated rings. The standard InChI is InChI=1S/C14H21BrN2O3S/c1-2-17-7-8-20-13(11-17)10-16-21(18,19)14-5-3-12(9-15)4-6-14/h3-6,13,16H,2,7-11H2,1H3. The molecule has 21 heavy (non-hydrogen) atoms. The van der Waals surface area contributed by atoms with Gasteiger partial charge < -0.3 is 4.74 Å². The molecule has 1 N–H and O–H groups in total. The Kier molecular flexibility index (Phi) is 6.19. The van der Waals surface area contributed by atoms with E-state index in [-0.39, 0.29) is 11.0 Å². The largest absolute Gasteiger partial charge is 0.374 e. The molecule has 7 heteroatoms. The average molecular weight is 377 g/mol. The second kappa shape index (κ2) is 7.69. The van der Waals surface area contributed by atoms with Crippen molar-refractivity contribution in [2.45, 2.75) is 23.3 Å². The zero-order valence-electron chi connectivity index (χ0n) is 12.1. The maximum Gasteiger partial charge on any atom is 0.240 e. The Balaban J connectivity index is 1.94. The van der Waals surface area contributed by atoms with Crippen LogP contribution in [0.15, 0.2) is 29.2 Å². The Morgan fingerprint density at radius 1 is 1.38 bits per heavy atom. The van der Waals surface area contributed by atoms with Crippen molar-refractivity contribution in [2.75, 3.05) is 32.8 Å². The lowest BCUT2D eigenvalue weighted by molar-refractivity contribution is -0.0229. The fourth-order valence-corrected chi connectivity index (χ4v) is 3.68. The van der Waals surface area contributed by atoms with E-state index >= 15 is 0 Å². The van der Waals surface area contributed by atoms with Crippen LogP contribution < -0.4 is 4.72 Å². The first kappa shape index (κ1) is 16.9. The summed E-state index contributed by atoms with van der Waals surface area (Å²) in [6.07, 6.45) is -0.0877. The van der Waals surface area contributed by atoms with Gasteiger partial charge in [0.05, 0.1) is 17.6 Å². The summed E-state index contributed by atoms with van der Waals surface area (Å²) in [5.74, 6) is 0. The molecule has 0 aliphatic carbocycles. The zero-order valence-corrected chi connectivity index (χ0v) is 14.5. The topological polar surface area (TPSA) is 58.6 Å². The Hall–Kier alpha value is -0.470. The van der Waals surface area contributed by atoms with Gasteiger partial charge in [0.15, 0.2) is 0 Å². The van der Waals surface area contributed by atoms with Gasteiger partial charge in [0, 0.05) is 25.0 Å². The van der Waals surface area contributed by atoms with E-state index in [9.17, 15) is 8.42 Å². The van der Waals surface area contributed by atoms with E-state index in [1.807, 2.05) is 0 Å². The first-order valence-corrected chi connectivity index (χ1v) is 9.64. The molecule has 0 aromatic heterocycles. The summed E-state index contributed by atoms with van der Waals surface area (Å²) in [7, 11) is -3.47. The first-order valence-electron chi connectivity index (χ1n) is 7.03. The lowest BCUT2D eigenvalue weighted by Crippen LogP contribution is -2.47. The van der Waals surface area contributed by atoms with Crippen LogP contribution in [0.3, 0.4) is 0 Å². The van der Waals surface area contributed by atoms with E-state index in [0.29, 0.717) is 18.5 Å². The fourth-order valence-electron chi connectivity index (χ4n) is 2.23. The molecule has 1 aliphatic rings. The Bertz CT molecular complexity index is 548. The molecule has 0 amide bonds. The SMILES string of the molecule is CCN1CCOC(CNS(=O)(=O)c2ccc(CBr)cc2)C1. The molecule has 1 aromatic rings. The van der Waals surface area contributed by atoms with E-state index in [0.717, 1.165) is 25.2 Å². The number of ether oxygens (including phenoxy) is 1. The molecule has 1 atom stereocenters. The third kappa shape index (κ3) is 4.75. The van der Waals surface area contributed by atoms with Crippen molar-refractivity contribution in [3.63, 3.8) is 0 Å². The van der Waals surface area contributed by atoms with Gasteiger partial charge in [0.25, 0.3) is 0 Å². The molecule has 0 spiro atoms. The number of rotatable bonds is 6. The van der Waals surface area contributed by atoms with Gasteiger partial charge in [-0.3, -0.25) is 4.90 Å². The molecule has 118 valence electrons. The van der Waals surface area contributed by atoms with Crippen LogP contribution in [0.4, 0.5) is 0 Å². The van der Waals surface area contributed by atoms with Crippen LogP contribution in [0.5, 0.6) is 0 Å². The van der Waals surface area contributed by atoms with Gasteiger partial charge in [-0.1, -0.05) is 35.0 Å². The first-order chi connectivity index (χ1) is 10.0.